The first-order chi connectivity index (χ1) is 35.4. The number of aromatic nitrogens is 6. The van der Waals surface area contributed by atoms with E-state index in [1.807, 2.05) is 49.9 Å². The average molecular weight is 993 g/mol. The summed E-state index contributed by atoms with van der Waals surface area (Å²) in [6.45, 7) is 10.6. The van der Waals surface area contributed by atoms with Crippen molar-refractivity contribution in [3.63, 3.8) is 0 Å². The lowest BCUT2D eigenvalue weighted by Crippen LogP contribution is -2.51. The molecule has 7 heterocycles. The number of carbonyl (C=O) groups excluding carboxylic acids is 4. The van der Waals surface area contributed by atoms with E-state index in [2.05, 4.69) is 97.1 Å². The highest BCUT2D eigenvalue weighted by Gasteiger charge is 2.41. The van der Waals surface area contributed by atoms with E-state index in [9.17, 15) is 19.2 Å². The molecular formula is C55H68N12O6. The number of fused-ring (bicyclic) bond motifs is 2. The molecule has 4 fully saturated rings. The molecule has 18 nitrogen and oxygen atoms in total. The smallest absolute Gasteiger partial charge is 0.407 e. The van der Waals surface area contributed by atoms with E-state index in [-0.39, 0.29) is 47.8 Å². The van der Waals surface area contributed by atoms with Crippen LogP contribution in [0, 0.1) is 11.8 Å². The number of likely N-dealkylation sites (tertiary alicyclic amines) is 2. The molecule has 0 unspecified atom stereocenters. The number of anilines is 2. The molecular weight excluding hydrogens is 925 g/mol. The Balaban J connectivity index is 0.937. The van der Waals surface area contributed by atoms with Crippen LogP contribution in [0.3, 0.4) is 0 Å². The van der Waals surface area contributed by atoms with Crippen LogP contribution in [0.2, 0.25) is 0 Å². The summed E-state index contributed by atoms with van der Waals surface area (Å²) in [6.07, 6.45) is 9.68. The third kappa shape index (κ3) is 9.99. The number of aromatic amines is 2. The molecule has 3 aromatic carbocycles. The lowest BCUT2D eigenvalue weighted by atomic mass is 9.90. The van der Waals surface area contributed by atoms with Gasteiger partial charge in [0.2, 0.25) is 17.8 Å². The van der Waals surface area contributed by atoms with Crippen molar-refractivity contribution in [1.82, 2.24) is 50.3 Å². The summed E-state index contributed by atoms with van der Waals surface area (Å²) < 4.78 is 9.70. The maximum atomic E-state index is 14.0. The summed E-state index contributed by atoms with van der Waals surface area (Å²) in [5, 5.41) is 5.50. The minimum atomic E-state index is -0.722. The normalized spacial score (nSPS) is 21.4. The molecule has 0 spiro atoms. The van der Waals surface area contributed by atoms with E-state index in [0.29, 0.717) is 19.0 Å². The first kappa shape index (κ1) is 49.3. The van der Waals surface area contributed by atoms with Gasteiger partial charge >= 0.3 is 12.2 Å². The SMILES string of the molecule is COC(=O)N[C@H](C(=O)N1CCC[C@@H]1c1nc2ccc([C@H]3CC[C@H](c4ccc5nc([C@@H]6CCCN6C(=O)[C@@H](NC(=O)OC)C(C)C)[nH]c5c4)N3c3cnc(N4CCC(c5ccccc5)CC4)nc3)cc2[nH]1)C(C)C. The molecule has 0 saturated carbocycles. The number of hydrogen-bond donors (Lipinski definition) is 4. The van der Waals surface area contributed by atoms with Gasteiger partial charge in [0.1, 0.15) is 23.7 Å². The van der Waals surface area contributed by atoms with E-state index in [1.165, 1.54) is 19.8 Å². The molecule has 4 aliphatic rings. The summed E-state index contributed by atoms with van der Waals surface area (Å²) in [6, 6.07) is 21.6. The summed E-state index contributed by atoms with van der Waals surface area (Å²) in [5.74, 6) is 2.15. The molecule has 6 atom stereocenters. The molecule has 0 aliphatic carbocycles. The summed E-state index contributed by atoms with van der Waals surface area (Å²) in [5.41, 5.74) is 7.97. The number of hydrogen-bond acceptors (Lipinski definition) is 12. The second-order valence-electron chi connectivity index (χ2n) is 20.8. The number of methoxy groups -OCH3 is 2. The molecule has 4 saturated heterocycles. The predicted molar refractivity (Wildman–Crippen MR) is 278 cm³/mol. The Hall–Kier alpha value is -7.24. The van der Waals surface area contributed by atoms with E-state index >= 15 is 0 Å². The number of alkyl carbamates (subject to hydrolysis) is 2. The molecule has 6 aromatic rings. The number of H-pyrrole nitrogens is 2. The first-order valence-corrected chi connectivity index (χ1v) is 26.1. The van der Waals surface area contributed by atoms with Gasteiger partial charge in [-0.1, -0.05) is 70.2 Å². The zero-order valence-electron chi connectivity index (χ0n) is 42.7. The minimum absolute atomic E-state index is 0.0310. The molecule has 18 heteroatoms. The van der Waals surface area contributed by atoms with E-state index in [4.69, 9.17) is 29.4 Å². The van der Waals surface area contributed by atoms with Crippen molar-refractivity contribution >= 4 is 57.7 Å². The van der Waals surface area contributed by atoms with Crippen molar-refractivity contribution in [3.8, 4) is 0 Å². The Labute approximate surface area is 426 Å². The number of piperidine rings is 1. The fourth-order valence-electron chi connectivity index (χ4n) is 11.8. The van der Waals surface area contributed by atoms with E-state index in [1.54, 1.807) is 0 Å². The van der Waals surface area contributed by atoms with Crippen molar-refractivity contribution in [2.75, 3.05) is 50.2 Å². The maximum absolute atomic E-state index is 14.0. The predicted octanol–water partition coefficient (Wildman–Crippen LogP) is 8.78. The van der Waals surface area contributed by atoms with Crippen LogP contribution >= 0.6 is 0 Å². The topological polar surface area (TPSA) is 207 Å². The average Bonchev–Trinajstić information content (AvgIpc) is 4.28. The highest BCUT2D eigenvalue weighted by molar-refractivity contribution is 5.87. The first-order valence-electron chi connectivity index (χ1n) is 26.1. The fourth-order valence-corrected chi connectivity index (χ4v) is 11.8. The van der Waals surface area contributed by atoms with Crippen molar-refractivity contribution in [2.24, 2.45) is 11.8 Å². The van der Waals surface area contributed by atoms with Crippen molar-refractivity contribution < 1.29 is 28.7 Å². The third-order valence-electron chi connectivity index (χ3n) is 15.7. The van der Waals surface area contributed by atoms with Gasteiger partial charge in [-0.05, 0) is 110 Å². The number of ether oxygens (including phenoxy) is 2. The number of nitrogens with zero attached hydrogens (tertiary/aromatic N) is 8. The third-order valence-corrected chi connectivity index (χ3v) is 15.7. The molecule has 0 bridgehead atoms. The van der Waals surface area contributed by atoms with Gasteiger partial charge in [0, 0.05) is 26.2 Å². The molecule has 4 amide bonds. The second-order valence-corrected chi connectivity index (χ2v) is 20.8. The summed E-state index contributed by atoms with van der Waals surface area (Å²) in [4.78, 5) is 88.2. The quantitative estimate of drug-likeness (QED) is 0.0857. The largest absolute Gasteiger partial charge is 0.453 e. The lowest BCUT2D eigenvalue weighted by molar-refractivity contribution is -0.136. The molecule has 10 rings (SSSR count). The molecule has 4 aliphatic heterocycles. The number of amides is 4. The lowest BCUT2D eigenvalue weighted by Gasteiger charge is -2.34. The minimum Gasteiger partial charge on any atom is -0.453 e. The molecule has 3 aromatic heterocycles. The highest BCUT2D eigenvalue weighted by Crippen LogP contribution is 2.48. The number of rotatable bonds is 13. The number of imidazole rings is 2. The molecule has 384 valence electrons. The zero-order chi connectivity index (χ0) is 50.9. The molecule has 73 heavy (non-hydrogen) atoms. The van der Waals surface area contributed by atoms with Gasteiger partial charge in [0.15, 0.2) is 0 Å². The van der Waals surface area contributed by atoms with Gasteiger partial charge in [-0.3, -0.25) is 9.59 Å². The Kier molecular flexibility index (Phi) is 14.2. The van der Waals surface area contributed by atoms with Crippen LogP contribution in [0.15, 0.2) is 79.1 Å². The zero-order valence-corrected chi connectivity index (χ0v) is 42.7. The van der Waals surface area contributed by atoms with Gasteiger partial charge < -0.3 is 49.7 Å². The Bertz CT molecular complexity index is 2790. The monoisotopic (exact) mass is 993 g/mol. The Morgan fingerprint density at radius 3 is 1.52 bits per heavy atom. The van der Waals surface area contributed by atoms with Gasteiger partial charge in [-0.15, -0.1) is 0 Å². The molecule has 0 radical (unpaired) electrons. The second kappa shape index (κ2) is 21.1. The Morgan fingerprint density at radius 1 is 0.589 bits per heavy atom. The van der Waals surface area contributed by atoms with Crippen LogP contribution in [-0.4, -0.2) is 116 Å². The number of benzene rings is 3. The maximum Gasteiger partial charge on any atom is 0.407 e. The van der Waals surface area contributed by atoms with E-state index < -0.39 is 24.3 Å². The van der Waals surface area contributed by atoms with E-state index in [0.717, 1.165) is 121 Å². The van der Waals surface area contributed by atoms with Gasteiger partial charge in [0.05, 0.1) is 78.5 Å². The van der Waals surface area contributed by atoms with Crippen LogP contribution < -0.4 is 20.4 Å². The van der Waals surface area contributed by atoms with Gasteiger partial charge in [-0.2, -0.15) is 0 Å². The summed E-state index contributed by atoms with van der Waals surface area (Å²) >= 11 is 0. The van der Waals surface area contributed by atoms with Gasteiger partial charge in [0.25, 0.3) is 0 Å². The summed E-state index contributed by atoms with van der Waals surface area (Å²) in [7, 11) is 2.60. The van der Waals surface area contributed by atoms with Crippen LogP contribution in [0.5, 0.6) is 0 Å². The van der Waals surface area contributed by atoms with Crippen LogP contribution in [0.4, 0.5) is 21.2 Å². The standard InChI is InChI=1S/C55H68N12O6/c1-32(2)47(62-54(70)72-5)51(68)65-24-10-14-45(65)49-58-39-18-16-36(28-41(39)60-49)43-20-21-44(67(43)38-30-56-53(57-31-38)64-26-22-35(23-27-64)34-12-8-7-9-13-34)37-17-19-40-42(29-37)61-50(59-40)46-15-11-25-66(46)52(69)48(33(3)4)63-55(71)73-6/h7-9,12-13,16-19,28-33,35,43-48H,10-11,14-15,20-27H2,1-6H3,(H,58,60)(H,59,61)(H,62,70)(H,63,71)/t43-,44-,45-,46+,47+,48+/m1/s1. The Morgan fingerprint density at radius 2 is 1.07 bits per heavy atom. The fraction of sp³-hybridized carbons (Fsp3) is 0.491. The number of carbonyl (C=O) groups is 4. The molecule has 4 N–H and O–H groups in total. The van der Waals surface area contributed by atoms with Crippen molar-refractivity contribution in [1.29, 1.82) is 0 Å². The van der Waals surface area contributed by atoms with Crippen LogP contribution in [-0.2, 0) is 19.1 Å². The van der Waals surface area contributed by atoms with Crippen molar-refractivity contribution in [3.05, 3.63) is 107 Å². The van der Waals surface area contributed by atoms with Crippen molar-refractivity contribution in [2.45, 2.75) is 121 Å². The van der Waals surface area contributed by atoms with Crippen LogP contribution in [0.1, 0.15) is 137 Å². The highest BCUT2D eigenvalue weighted by atomic mass is 16.5. The van der Waals surface area contributed by atoms with Gasteiger partial charge in [-0.25, -0.2) is 29.5 Å². The van der Waals surface area contributed by atoms with Crippen LogP contribution in [0.25, 0.3) is 22.1 Å². The number of nitrogens with one attached hydrogen (secondary N) is 4.